The molecule has 0 fully saturated rings. The van der Waals surface area contributed by atoms with Gasteiger partial charge in [0.2, 0.25) is 0 Å². The molecule has 0 aliphatic heterocycles. The zero-order valence-corrected chi connectivity index (χ0v) is 8.96. The second-order valence-corrected chi connectivity index (χ2v) is 3.27. The van der Waals surface area contributed by atoms with E-state index in [9.17, 15) is 0 Å². The second kappa shape index (κ2) is 4.67. The molecule has 0 aromatic carbocycles. The van der Waals surface area contributed by atoms with Gasteiger partial charge < -0.3 is 5.73 Å². The lowest BCUT2D eigenvalue weighted by Crippen LogP contribution is -2.00. The standard InChI is InChI=1S/C10H8ClN5/c11-9-4-8(15-6-16-9)7(5-12)10-13-2-1-3-14-10/h1-6H,12H2. The quantitative estimate of drug-likeness (QED) is 0.791. The van der Waals surface area contributed by atoms with Gasteiger partial charge in [0.25, 0.3) is 0 Å². The minimum Gasteiger partial charge on any atom is -0.404 e. The van der Waals surface area contributed by atoms with Gasteiger partial charge in [0.15, 0.2) is 5.82 Å². The summed E-state index contributed by atoms with van der Waals surface area (Å²) in [7, 11) is 0. The highest BCUT2D eigenvalue weighted by molar-refractivity contribution is 6.29. The van der Waals surface area contributed by atoms with Crippen LogP contribution in [0, 0.1) is 0 Å². The third-order valence-corrected chi connectivity index (χ3v) is 2.09. The Kier molecular flexibility index (Phi) is 3.07. The van der Waals surface area contributed by atoms with E-state index in [1.807, 2.05) is 0 Å². The molecule has 0 radical (unpaired) electrons. The lowest BCUT2D eigenvalue weighted by atomic mass is 10.2. The van der Waals surface area contributed by atoms with Crippen molar-refractivity contribution in [1.29, 1.82) is 0 Å². The monoisotopic (exact) mass is 233 g/mol. The minimum absolute atomic E-state index is 0.347. The second-order valence-electron chi connectivity index (χ2n) is 2.88. The molecular formula is C10H8ClN5. The van der Waals surface area contributed by atoms with Crippen molar-refractivity contribution in [3.63, 3.8) is 0 Å². The summed E-state index contributed by atoms with van der Waals surface area (Å²) in [5.74, 6) is 0.500. The number of nitrogens with two attached hydrogens (primary N) is 1. The first-order valence-electron chi connectivity index (χ1n) is 4.48. The minimum atomic E-state index is 0.347. The maximum atomic E-state index is 5.77. The number of halogens is 1. The highest BCUT2D eigenvalue weighted by Crippen LogP contribution is 2.18. The predicted octanol–water partition coefficient (Wildman–Crippen LogP) is 1.27. The smallest absolute Gasteiger partial charge is 0.162 e. The van der Waals surface area contributed by atoms with Gasteiger partial charge >= 0.3 is 0 Å². The van der Waals surface area contributed by atoms with Crippen molar-refractivity contribution < 1.29 is 0 Å². The van der Waals surface area contributed by atoms with Crippen molar-refractivity contribution in [2.45, 2.75) is 0 Å². The van der Waals surface area contributed by atoms with Crippen molar-refractivity contribution in [3.8, 4) is 0 Å². The van der Waals surface area contributed by atoms with Crippen molar-refractivity contribution in [3.05, 3.63) is 53.7 Å². The molecule has 0 unspecified atom stereocenters. The maximum absolute atomic E-state index is 5.77. The number of hydrogen-bond acceptors (Lipinski definition) is 5. The molecule has 0 saturated heterocycles. The molecule has 80 valence electrons. The molecule has 2 N–H and O–H groups in total. The van der Waals surface area contributed by atoms with Crippen molar-refractivity contribution >= 4 is 17.2 Å². The fourth-order valence-electron chi connectivity index (χ4n) is 1.19. The first kappa shape index (κ1) is 10.5. The lowest BCUT2D eigenvalue weighted by Gasteiger charge is -2.03. The molecular weight excluding hydrogens is 226 g/mol. The van der Waals surface area contributed by atoms with Gasteiger partial charge in [-0.05, 0) is 6.07 Å². The molecule has 0 aliphatic rings. The highest BCUT2D eigenvalue weighted by atomic mass is 35.5. The van der Waals surface area contributed by atoms with Gasteiger partial charge in [0, 0.05) is 24.7 Å². The van der Waals surface area contributed by atoms with Gasteiger partial charge in [-0.2, -0.15) is 0 Å². The first-order valence-corrected chi connectivity index (χ1v) is 4.86. The molecule has 0 bridgehead atoms. The molecule has 5 nitrogen and oxygen atoms in total. The third kappa shape index (κ3) is 2.14. The molecule has 2 rings (SSSR count). The number of aromatic nitrogens is 4. The molecule has 16 heavy (non-hydrogen) atoms. The van der Waals surface area contributed by atoms with Crippen LogP contribution in [0.25, 0.3) is 5.57 Å². The zero-order valence-electron chi connectivity index (χ0n) is 8.21. The van der Waals surface area contributed by atoms with Crippen LogP contribution in [-0.4, -0.2) is 19.9 Å². The summed E-state index contributed by atoms with van der Waals surface area (Å²) in [6.07, 6.45) is 6.03. The van der Waals surface area contributed by atoms with Crippen LogP contribution in [0.2, 0.25) is 5.15 Å². The molecule has 2 aromatic rings. The molecule has 2 heterocycles. The van der Waals surface area contributed by atoms with Crippen molar-refractivity contribution in [2.24, 2.45) is 5.73 Å². The van der Waals surface area contributed by atoms with E-state index in [4.69, 9.17) is 17.3 Å². The van der Waals surface area contributed by atoms with Crippen LogP contribution in [0.1, 0.15) is 11.5 Å². The number of hydrogen-bond donors (Lipinski definition) is 1. The van der Waals surface area contributed by atoms with Crippen LogP contribution in [0.4, 0.5) is 0 Å². The van der Waals surface area contributed by atoms with Gasteiger partial charge in [-0.1, -0.05) is 11.6 Å². The van der Waals surface area contributed by atoms with Crippen LogP contribution < -0.4 is 5.73 Å². The van der Waals surface area contributed by atoms with E-state index >= 15 is 0 Å². The topological polar surface area (TPSA) is 77.6 Å². The number of nitrogens with zero attached hydrogens (tertiary/aromatic N) is 4. The molecule has 0 aliphatic carbocycles. The van der Waals surface area contributed by atoms with E-state index in [2.05, 4.69) is 19.9 Å². The van der Waals surface area contributed by atoms with Gasteiger partial charge in [-0.25, -0.2) is 19.9 Å². The van der Waals surface area contributed by atoms with Crippen LogP contribution in [0.15, 0.2) is 37.1 Å². The highest BCUT2D eigenvalue weighted by Gasteiger charge is 2.08. The van der Waals surface area contributed by atoms with Crippen LogP contribution >= 0.6 is 11.6 Å². The van der Waals surface area contributed by atoms with Gasteiger partial charge in [0.1, 0.15) is 11.5 Å². The van der Waals surface area contributed by atoms with E-state index in [0.29, 0.717) is 22.2 Å². The Hall–Kier alpha value is -2.01. The molecule has 0 atom stereocenters. The molecule has 0 spiro atoms. The predicted molar refractivity (Wildman–Crippen MR) is 60.3 cm³/mol. The Morgan fingerprint density at radius 2 is 1.94 bits per heavy atom. The van der Waals surface area contributed by atoms with Crippen LogP contribution in [0.3, 0.4) is 0 Å². The largest absolute Gasteiger partial charge is 0.404 e. The van der Waals surface area contributed by atoms with E-state index in [0.717, 1.165) is 0 Å². The summed E-state index contributed by atoms with van der Waals surface area (Å²) in [5, 5.41) is 0.347. The van der Waals surface area contributed by atoms with Gasteiger partial charge in [0.05, 0.1) is 11.3 Å². The van der Waals surface area contributed by atoms with E-state index < -0.39 is 0 Å². The fourth-order valence-corrected chi connectivity index (χ4v) is 1.34. The van der Waals surface area contributed by atoms with E-state index in [1.165, 1.54) is 12.5 Å². The summed E-state index contributed by atoms with van der Waals surface area (Å²) in [4.78, 5) is 16.0. The average Bonchev–Trinajstić information content (AvgIpc) is 2.31. The van der Waals surface area contributed by atoms with Crippen LogP contribution in [-0.2, 0) is 0 Å². The SMILES string of the molecule is NC=C(c1cc(Cl)ncn1)c1ncccn1. The molecule has 6 heteroatoms. The molecule has 2 aromatic heterocycles. The van der Waals surface area contributed by atoms with Crippen LogP contribution in [0.5, 0.6) is 0 Å². The average molecular weight is 234 g/mol. The first-order chi connectivity index (χ1) is 7.81. The van der Waals surface area contributed by atoms with Crippen molar-refractivity contribution in [1.82, 2.24) is 19.9 Å². The summed E-state index contributed by atoms with van der Waals surface area (Å²) in [5.41, 5.74) is 6.75. The summed E-state index contributed by atoms with van der Waals surface area (Å²) in [6, 6.07) is 3.33. The zero-order chi connectivity index (χ0) is 11.4. The van der Waals surface area contributed by atoms with Crippen molar-refractivity contribution in [2.75, 3.05) is 0 Å². The summed E-state index contributed by atoms with van der Waals surface area (Å²) < 4.78 is 0. The van der Waals surface area contributed by atoms with E-state index in [1.54, 1.807) is 24.5 Å². The molecule has 0 amide bonds. The normalized spacial score (nSPS) is 11.4. The Morgan fingerprint density at radius 1 is 1.19 bits per heavy atom. The maximum Gasteiger partial charge on any atom is 0.162 e. The summed E-state index contributed by atoms with van der Waals surface area (Å²) >= 11 is 5.77. The Labute approximate surface area is 97.1 Å². The third-order valence-electron chi connectivity index (χ3n) is 1.88. The molecule has 0 saturated carbocycles. The number of rotatable bonds is 2. The van der Waals surface area contributed by atoms with Gasteiger partial charge in [-0.3, -0.25) is 0 Å². The Morgan fingerprint density at radius 3 is 2.56 bits per heavy atom. The Bertz CT molecular complexity index is 512. The van der Waals surface area contributed by atoms with Gasteiger partial charge in [-0.15, -0.1) is 0 Å². The lowest BCUT2D eigenvalue weighted by molar-refractivity contribution is 1.08. The Balaban J connectivity index is 2.46. The summed E-state index contributed by atoms with van der Waals surface area (Å²) in [6.45, 7) is 0. The fraction of sp³-hybridized carbons (Fsp3) is 0. The van der Waals surface area contributed by atoms with E-state index in [-0.39, 0.29) is 0 Å².